The predicted octanol–water partition coefficient (Wildman–Crippen LogP) is 4.41. The monoisotopic (exact) mass is 468 g/mol. The third-order valence-electron chi connectivity index (χ3n) is 6.20. The van der Waals surface area contributed by atoms with Crippen LogP contribution >= 0.6 is 0 Å². The summed E-state index contributed by atoms with van der Waals surface area (Å²) in [5, 5.41) is 3.12. The number of Topliss-reactive ketones (excluding diaryl/α,β-unsaturated/α-hetero) is 1. The molecule has 0 saturated carbocycles. The fraction of sp³-hybridized carbons (Fsp3) is 0.481. The summed E-state index contributed by atoms with van der Waals surface area (Å²) < 4.78 is 16.4. The van der Waals surface area contributed by atoms with E-state index in [0.29, 0.717) is 43.1 Å². The summed E-state index contributed by atoms with van der Waals surface area (Å²) in [6.07, 6.45) is 4.60. The maximum Gasteiger partial charge on any atom is 0.220 e. The van der Waals surface area contributed by atoms with Crippen LogP contribution in [0.2, 0.25) is 0 Å². The summed E-state index contributed by atoms with van der Waals surface area (Å²) in [5.41, 5.74) is 1.76. The number of hydrogen-bond acceptors (Lipinski definition) is 6. The van der Waals surface area contributed by atoms with Crippen LogP contribution in [0, 0.1) is 0 Å². The maximum atomic E-state index is 12.5. The van der Waals surface area contributed by atoms with Gasteiger partial charge in [0.1, 0.15) is 5.75 Å². The Labute approximate surface area is 202 Å². The number of likely N-dealkylation sites (tertiary alicyclic amines) is 1. The third kappa shape index (κ3) is 7.22. The molecule has 0 spiro atoms. The molecular weight excluding hydrogens is 432 g/mol. The van der Waals surface area contributed by atoms with Gasteiger partial charge in [-0.1, -0.05) is 18.6 Å². The van der Waals surface area contributed by atoms with E-state index in [1.54, 1.807) is 32.4 Å². The second-order valence-electron chi connectivity index (χ2n) is 8.56. The molecule has 7 heteroatoms. The molecule has 0 bridgehead atoms. The molecule has 1 saturated heterocycles. The van der Waals surface area contributed by atoms with Crippen molar-refractivity contribution in [1.29, 1.82) is 0 Å². The van der Waals surface area contributed by atoms with Crippen LogP contribution in [0.25, 0.3) is 0 Å². The molecule has 0 aliphatic carbocycles. The average Bonchev–Trinajstić information content (AvgIpc) is 2.87. The topological polar surface area (TPSA) is 77.1 Å². The van der Waals surface area contributed by atoms with Crippen molar-refractivity contribution in [2.45, 2.75) is 45.1 Å². The molecule has 184 valence electrons. The van der Waals surface area contributed by atoms with Crippen LogP contribution in [0.1, 0.15) is 61.0 Å². The van der Waals surface area contributed by atoms with Crippen LogP contribution in [0.15, 0.2) is 42.5 Å². The number of benzene rings is 2. The normalized spacial score (nSPS) is 14.8. The second kappa shape index (κ2) is 13.0. The Kier molecular flexibility index (Phi) is 9.76. The summed E-state index contributed by atoms with van der Waals surface area (Å²) in [6.45, 7) is 4.57. The first-order valence-corrected chi connectivity index (χ1v) is 12.0. The van der Waals surface area contributed by atoms with Gasteiger partial charge in [0.05, 0.1) is 26.9 Å². The Bertz CT molecular complexity index is 939. The molecule has 1 fully saturated rings. The number of methoxy groups -OCH3 is 2. The molecule has 1 unspecified atom stereocenters. The number of piperidine rings is 1. The zero-order valence-electron chi connectivity index (χ0n) is 20.5. The lowest BCUT2D eigenvalue weighted by atomic mass is 10.0. The number of ketones is 1. The van der Waals surface area contributed by atoms with Gasteiger partial charge in [-0.05, 0) is 75.2 Å². The molecular formula is C27H36N2O5. The van der Waals surface area contributed by atoms with Crippen molar-refractivity contribution in [2.24, 2.45) is 0 Å². The molecule has 1 aliphatic rings. The van der Waals surface area contributed by atoms with Crippen molar-refractivity contribution in [3.63, 3.8) is 0 Å². The van der Waals surface area contributed by atoms with E-state index in [1.165, 1.54) is 31.7 Å². The van der Waals surface area contributed by atoms with Gasteiger partial charge in [-0.15, -0.1) is 0 Å². The van der Waals surface area contributed by atoms with E-state index in [1.807, 2.05) is 12.1 Å². The molecule has 1 amide bonds. The SMILES string of the molecule is COc1ccc(C(CNC(=O)CCCOc2ccc(C(C)=O)cc2OC)N2CCCCC2)cc1. The van der Waals surface area contributed by atoms with Crippen LogP contribution in [0.3, 0.4) is 0 Å². The highest BCUT2D eigenvalue weighted by molar-refractivity contribution is 5.94. The summed E-state index contributed by atoms with van der Waals surface area (Å²) in [4.78, 5) is 26.6. The van der Waals surface area contributed by atoms with Crippen LogP contribution in [-0.4, -0.2) is 57.1 Å². The largest absolute Gasteiger partial charge is 0.497 e. The summed E-state index contributed by atoms with van der Waals surface area (Å²) in [7, 11) is 3.21. The van der Waals surface area contributed by atoms with Crippen LogP contribution < -0.4 is 19.5 Å². The molecule has 2 aromatic rings. The van der Waals surface area contributed by atoms with E-state index in [2.05, 4.69) is 22.3 Å². The standard InChI is InChI=1S/C27H36N2O5/c1-20(30)22-11-14-25(26(18-22)33-3)34-17-7-8-27(31)28-19-24(29-15-5-4-6-16-29)21-9-12-23(32-2)13-10-21/h9-14,18,24H,4-8,15-17,19H2,1-3H3,(H,28,31). The van der Waals surface area contributed by atoms with Gasteiger partial charge in [0.2, 0.25) is 5.91 Å². The summed E-state index contributed by atoms with van der Waals surface area (Å²) in [5.74, 6) is 1.90. The number of nitrogens with zero attached hydrogens (tertiary/aromatic N) is 1. The smallest absolute Gasteiger partial charge is 0.220 e. The van der Waals surface area contributed by atoms with Crippen molar-refractivity contribution in [1.82, 2.24) is 10.2 Å². The first-order valence-electron chi connectivity index (χ1n) is 12.0. The van der Waals surface area contributed by atoms with Crippen molar-refractivity contribution in [2.75, 3.05) is 40.5 Å². The first kappa shape index (κ1) is 25.6. The zero-order chi connectivity index (χ0) is 24.3. The number of amides is 1. The van der Waals surface area contributed by atoms with Gasteiger partial charge in [-0.3, -0.25) is 14.5 Å². The van der Waals surface area contributed by atoms with Crippen molar-refractivity contribution < 1.29 is 23.8 Å². The van der Waals surface area contributed by atoms with Crippen molar-refractivity contribution in [3.05, 3.63) is 53.6 Å². The number of nitrogens with one attached hydrogen (secondary N) is 1. The van der Waals surface area contributed by atoms with E-state index in [-0.39, 0.29) is 17.7 Å². The molecule has 2 aromatic carbocycles. The third-order valence-corrected chi connectivity index (χ3v) is 6.20. The minimum Gasteiger partial charge on any atom is -0.497 e. The van der Waals surface area contributed by atoms with E-state index >= 15 is 0 Å². The van der Waals surface area contributed by atoms with Gasteiger partial charge in [-0.2, -0.15) is 0 Å². The molecule has 34 heavy (non-hydrogen) atoms. The summed E-state index contributed by atoms with van der Waals surface area (Å²) >= 11 is 0. The Balaban J connectivity index is 1.49. The van der Waals surface area contributed by atoms with E-state index in [0.717, 1.165) is 18.8 Å². The van der Waals surface area contributed by atoms with Gasteiger partial charge in [0.25, 0.3) is 0 Å². The highest BCUT2D eigenvalue weighted by Crippen LogP contribution is 2.29. The number of ether oxygens (including phenoxy) is 3. The van der Waals surface area contributed by atoms with E-state index in [4.69, 9.17) is 14.2 Å². The predicted molar refractivity (Wildman–Crippen MR) is 132 cm³/mol. The molecule has 0 aromatic heterocycles. The van der Waals surface area contributed by atoms with Crippen LogP contribution in [0.5, 0.6) is 17.2 Å². The van der Waals surface area contributed by atoms with Gasteiger partial charge in [-0.25, -0.2) is 0 Å². The minimum absolute atomic E-state index is 0.0120. The van der Waals surface area contributed by atoms with E-state index in [9.17, 15) is 9.59 Å². The average molecular weight is 469 g/mol. The zero-order valence-corrected chi connectivity index (χ0v) is 20.5. The van der Waals surface area contributed by atoms with Gasteiger partial charge in [0, 0.05) is 18.5 Å². The molecule has 7 nitrogen and oxygen atoms in total. The number of carbonyl (C=O) groups is 2. The Morgan fingerprint density at radius 2 is 1.71 bits per heavy atom. The van der Waals surface area contributed by atoms with Gasteiger partial charge >= 0.3 is 0 Å². The van der Waals surface area contributed by atoms with Crippen LogP contribution in [0.4, 0.5) is 0 Å². The van der Waals surface area contributed by atoms with Crippen molar-refractivity contribution in [3.8, 4) is 17.2 Å². The lowest BCUT2D eigenvalue weighted by molar-refractivity contribution is -0.121. The number of rotatable bonds is 12. The Morgan fingerprint density at radius 1 is 0.971 bits per heavy atom. The highest BCUT2D eigenvalue weighted by atomic mass is 16.5. The fourth-order valence-corrected chi connectivity index (χ4v) is 4.23. The van der Waals surface area contributed by atoms with Gasteiger partial charge in [0.15, 0.2) is 17.3 Å². The van der Waals surface area contributed by atoms with Crippen LogP contribution in [-0.2, 0) is 4.79 Å². The Hall–Kier alpha value is -3.06. The first-order chi connectivity index (χ1) is 16.5. The lowest BCUT2D eigenvalue weighted by Crippen LogP contribution is -2.40. The second-order valence-corrected chi connectivity index (χ2v) is 8.56. The summed E-state index contributed by atoms with van der Waals surface area (Å²) in [6, 6.07) is 13.4. The molecule has 1 aliphatic heterocycles. The Morgan fingerprint density at radius 3 is 2.35 bits per heavy atom. The van der Waals surface area contributed by atoms with E-state index < -0.39 is 0 Å². The molecule has 1 atom stereocenters. The number of hydrogen-bond donors (Lipinski definition) is 1. The quantitative estimate of drug-likeness (QED) is 0.367. The fourth-order valence-electron chi connectivity index (χ4n) is 4.23. The lowest BCUT2D eigenvalue weighted by Gasteiger charge is -2.35. The minimum atomic E-state index is -0.0287. The van der Waals surface area contributed by atoms with Crippen molar-refractivity contribution >= 4 is 11.7 Å². The maximum absolute atomic E-state index is 12.5. The molecule has 0 radical (unpaired) electrons. The molecule has 1 heterocycles. The van der Waals surface area contributed by atoms with Gasteiger partial charge < -0.3 is 19.5 Å². The molecule has 1 N–H and O–H groups in total. The highest BCUT2D eigenvalue weighted by Gasteiger charge is 2.23. The molecule has 3 rings (SSSR count). The number of carbonyl (C=O) groups excluding carboxylic acids is 2.